The maximum absolute atomic E-state index is 12.4. The third-order valence-corrected chi connectivity index (χ3v) is 5.36. The number of carbonyl (C=O) groups is 2. The summed E-state index contributed by atoms with van der Waals surface area (Å²) in [6.07, 6.45) is 2.98. The number of amides is 2. The number of rotatable bonds is 9. The minimum absolute atomic E-state index is 0.126. The smallest absolute Gasteiger partial charge is 0.408 e. The van der Waals surface area contributed by atoms with Crippen molar-refractivity contribution in [2.45, 2.75) is 32.9 Å². The summed E-state index contributed by atoms with van der Waals surface area (Å²) in [6.45, 7) is 10.8. The first-order chi connectivity index (χ1) is 16.7. The Bertz CT molecular complexity index is 971. The van der Waals surface area contributed by atoms with Crippen LogP contribution in [0.5, 0.6) is 0 Å². The van der Waals surface area contributed by atoms with E-state index in [1.54, 1.807) is 45.1 Å². The zero-order valence-electron chi connectivity index (χ0n) is 21.0. The van der Waals surface area contributed by atoms with Crippen LogP contribution in [0, 0.1) is 0 Å². The second-order valence-corrected chi connectivity index (χ2v) is 9.48. The SMILES string of the molecule is CN(Cc1cccc(-c2cnc(NCCN3CCOCC3)nc2)c1)C(=O)CNC(=O)OC(C)(C)C. The van der Waals surface area contributed by atoms with E-state index in [1.807, 2.05) is 24.3 Å². The van der Waals surface area contributed by atoms with Crippen LogP contribution in [0.1, 0.15) is 26.3 Å². The highest BCUT2D eigenvalue weighted by Gasteiger charge is 2.18. The number of aromatic nitrogens is 2. The summed E-state index contributed by atoms with van der Waals surface area (Å²) >= 11 is 0. The molecule has 1 aromatic heterocycles. The molecule has 10 nitrogen and oxygen atoms in total. The molecule has 35 heavy (non-hydrogen) atoms. The van der Waals surface area contributed by atoms with Gasteiger partial charge in [-0.2, -0.15) is 0 Å². The molecule has 0 unspecified atom stereocenters. The topological polar surface area (TPSA) is 109 Å². The first-order valence-electron chi connectivity index (χ1n) is 11.9. The fraction of sp³-hybridized carbons (Fsp3) is 0.520. The molecule has 2 N–H and O–H groups in total. The van der Waals surface area contributed by atoms with Gasteiger partial charge in [0.2, 0.25) is 11.9 Å². The molecule has 0 atom stereocenters. The lowest BCUT2D eigenvalue weighted by Crippen LogP contribution is -2.40. The third kappa shape index (κ3) is 9.14. The predicted molar refractivity (Wildman–Crippen MR) is 134 cm³/mol. The number of carbonyl (C=O) groups excluding carboxylic acids is 2. The van der Waals surface area contributed by atoms with Crippen LogP contribution in [0.15, 0.2) is 36.7 Å². The van der Waals surface area contributed by atoms with Crippen molar-refractivity contribution in [3.8, 4) is 11.1 Å². The number of alkyl carbamates (subject to hydrolysis) is 1. The normalized spacial score (nSPS) is 14.3. The zero-order chi connectivity index (χ0) is 25.3. The van der Waals surface area contributed by atoms with Gasteiger partial charge in [0, 0.05) is 57.7 Å². The maximum Gasteiger partial charge on any atom is 0.408 e. The Morgan fingerprint density at radius 3 is 2.54 bits per heavy atom. The highest BCUT2D eigenvalue weighted by atomic mass is 16.6. The lowest BCUT2D eigenvalue weighted by atomic mass is 10.1. The Hall–Kier alpha value is -3.24. The zero-order valence-corrected chi connectivity index (χ0v) is 21.0. The number of hydrogen-bond acceptors (Lipinski definition) is 8. The monoisotopic (exact) mass is 484 g/mol. The van der Waals surface area contributed by atoms with Crippen LogP contribution >= 0.6 is 0 Å². The van der Waals surface area contributed by atoms with Crippen LogP contribution in [0.25, 0.3) is 11.1 Å². The maximum atomic E-state index is 12.4. The summed E-state index contributed by atoms with van der Waals surface area (Å²) < 4.78 is 10.5. The molecule has 0 bridgehead atoms. The molecule has 2 heterocycles. The lowest BCUT2D eigenvalue weighted by Gasteiger charge is -2.26. The molecule has 190 valence electrons. The van der Waals surface area contributed by atoms with Crippen LogP contribution in [0.4, 0.5) is 10.7 Å². The van der Waals surface area contributed by atoms with E-state index >= 15 is 0 Å². The van der Waals surface area contributed by atoms with Crippen LogP contribution in [-0.2, 0) is 20.8 Å². The minimum atomic E-state index is -0.611. The molecule has 10 heteroatoms. The minimum Gasteiger partial charge on any atom is -0.444 e. The summed E-state index contributed by atoms with van der Waals surface area (Å²) in [6, 6.07) is 7.89. The Balaban J connectivity index is 1.48. The van der Waals surface area contributed by atoms with Crippen molar-refractivity contribution in [1.82, 2.24) is 25.1 Å². The van der Waals surface area contributed by atoms with Gasteiger partial charge in [0.1, 0.15) is 12.1 Å². The Kier molecular flexibility index (Phi) is 9.39. The van der Waals surface area contributed by atoms with E-state index < -0.39 is 11.7 Å². The number of hydrogen-bond donors (Lipinski definition) is 2. The van der Waals surface area contributed by atoms with Gasteiger partial charge in [-0.15, -0.1) is 0 Å². The summed E-state index contributed by atoms with van der Waals surface area (Å²) in [5.74, 6) is 0.387. The second-order valence-electron chi connectivity index (χ2n) is 9.48. The van der Waals surface area contributed by atoms with Gasteiger partial charge >= 0.3 is 6.09 Å². The van der Waals surface area contributed by atoms with Gasteiger partial charge < -0.3 is 25.0 Å². The summed E-state index contributed by atoms with van der Waals surface area (Å²) in [5.41, 5.74) is 2.21. The molecular formula is C25H36N6O4. The first-order valence-corrected chi connectivity index (χ1v) is 11.9. The van der Waals surface area contributed by atoms with Gasteiger partial charge in [0.15, 0.2) is 0 Å². The van der Waals surface area contributed by atoms with Crippen molar-refractivity contribution in [3.05, 3.63) is 42.2 Å². The van der Waals surface area contributed by atoms with Crippen molar-refractivity contribution in [1.29, 1.82) is 0 Å². The molecule has 1 aromatic carbocycles. The molecule has 0 saturated carbocycles. The molecule has 1 aliphatic rings. The van der Waals surface area contributed by atoms with E-state index in [4.69, 9.17) is 9.47 Å². The quantitative estimate of drug-likeness (QED) is 0.558. The van der Waals surface area contributed by atoms with Crippen molar-refractivity contribution in [3.63, 3.8) is 0 Å². The van der Waals surface area contributed by atoms with E-state index in [9.17, 15) is 9.59 Å². The number of anilines is 1. The molecule has 1 aliphatic heterocycles. The number of nitrogens with zero attached hydrogens (tertiary/aromatic N) is 4. The van der Waals surface area contributed by atoms with Gasteiger partial charge in [-0.25, -0.2) is 14.8 Å². The van der Waals surface area contributed by atoms with E-state index in [0.29, 0.717) is 12.5 Å². The molecule has 1 saturated heterocycles. The van der Waals surface area contributed by atoms with E-state index in [2.05, 4.69) is 25.5 Å². The summed E-state index contributed by atoms with van der Waals surface area (Å²) in [7, 11) is 1.70. The molecule has 1 fully saturated rings. The molecule has 0 aliphatic carbocycles. The highest BCUT2D eigenvalue weighted by molar-refractivity contribution is 5.82. The Morgan fingerprint density at radius 1 is 1.14 bits per heavy atom. The first kappa shape index (κ1) is 26.4. The number of morpholine rings is 1. The number of likely N-dealkylation sites (N-methyl/N-ethyl adjacent to an activating group) is 1. The van der Waals surface area contributed by atoms with Gasteiger partial charge in [-0.1, -0.05) is 18.2 Å². The molecule has 2 amide bonds. The van der Waals surface area contributed by atoms with Crippen molar-refractivity contribution >= 4 is 17.9 Å². The highest BCUT2D eigenvalue weighted by Crippen LogP contribution is 2.20. The lowest BCUT2D eigenvalue weighted by molar-refractivity contribution is -0.129. The number of nitrogens with one attached hydrogen (secondary N) is 2. The predicted octanol–water partition coefficient (Wildman–Crippen LogP) is 2.37. The van der Waals surface area contributed by atoms with Crippen LogP contribution in [0.3, 0.4) is 0 Å². The molecule has 0 radical (unpaired) electrons. The van der Waals surface area contributed by atoms with Gasteiger partial charge in [0.05, 0.1) is 13.2 Å². The van der Waals surface area contributed by atoms with E-state index in [0.717, 1.165) is 56.1 Å². The summed E-state index contributed by atoms with van der Waals surface area (Å²) in [5, 5.41) is 5.76. The standard InChI is InChI=1S/C25H36N6O4/c1-25(2,3)35-24(33)29-17-22(32)30(4)18-19-6-5-7-20(14-19)21-15-27-23(28-16-21)26-8-9-31-10-12-34-13-11-31/h5-7,14-16H,8-13,17-18H2,1-4H3,(H,29,33)(H,26,27,28). The Morgan fingerprint density at radius 2 is 1.86 bits per heavy atom. The van der Waals surface area contributed by atoms with E-state index in [1.165, 1.54) is 0 Å². The van der Waals surface area contributed by atoms with Crippen molar-refractivity contribution < 1.29 is 19.1 Å². The van der Waals surface area contributed by atoms with Crippen LogP contribution in [-0.4, -0.2) is 90.4 Å². The Labute approximate surface area is 207 Å². The van der Waals surface area contributed by atoms with Crippen molar-refractivity contribution in [2.24, 2.45) is 0 Å². The van der Waals surface area contributed by atoms with Crippen LogP contribution in [0.2, 0.25) is 0 Å². The van der Waals surface area contributed by atoms with Crippen molar-refractivity contribution in [2.75, 3.05) is 58.3 Å². The van der Waals surface area contributed by atoms with Gasteiger partial charge in [0.25, 0.3) is 0 Å². The molecular weight excluding hydrogens is 448 g/mol. The average molecular weight is 485 g/mol. The molecule has 0 spiro atoms. The van der Waals surface area contributed by atoms with Gasteiger partial charge in [-0.05, 0) is 38.0 Å². The summed E-state index contributed by atoms with van der Waals surface area (Å²) in [4.78, 5) is 37.0. The average Bonchev–Trinajstić information content (AvgIpc) is 2.83. The fourth-order valence-corrected chi connectivity index (χ4v) is 3.53. The second kappa shape index (κ2) is 12.5. The third-order valence-electron chi connectivity index (χ3n) is 5.36. The van der Waals surface area contributed by atoms with Gasteiger partial charge in [-0.3, -0.25) is 9.69 Å². The number of ether oxygens (including phenoxy) is 2. The molecule has 2 aromatic rings. The fourth-order valence-electron chi connectivity index (χ4n) is 3.53. The molecule has 3 rings (SSSR count). The van der Waals surface area contributed by atoms with E-state index in [-0.39, 0.29) is 12.5 Å². The van der Waals surface area contributed by atoms with Crippen LogP contribution < -0.4 is 10.6 Å². The largest absolute Gasteiger partial charge is 0.444 e. The number of benzene rings is 1.